The average Bonchev–Trinajstić information content (AvgIpc) is 3.09. The summed E-state index contributed by atoms with van der Waals surface area (Å²) < 4.78 is 14.9. The molecule has 3 aromatic rings. The van der Waals surface area contributed by atoms with Crippen LogP contribution in [0.15, 0.2) is 48.5 Å². The van der Waals surface area contributed by atoms with Gasteiger partial charge in [0.2, 0.25) is 5.13 Å². The minimum atomic E-state index is 0.643. The van der Waals surface area contributed by atoms with E-state index in [4.69, 9.17) is 9.47 Å². The van der Waals surface area contributed by atoms with Crippen LogP contribution in [0.25, 0.3) is 11.4 Å². The van der Waals surface area contributed by atoms with E-state index in [1.807, 2.05) is 48.5 Å². The molecule has 0 atom stereocenters. The van der Waals surface area contributed by atoms with Gasteiger partial charge in [-0.1, -0.05) is 36.4 Å². The van der Waals surface area contributed by atoms with Gasteiger partial charge in [-0.05, 0) is 17.7 Å². The van der Waals surface area contributed by atoms with Gasteiger partial charge in [0, 0.05) is 23.6 Å². The number of rotatable bonds is 6. The van der Waals surface area contributed by atoms with Crippen LogP contribution in [0.3, 0.4) is 0 Å². The summed E-state index contributed by atoms with van der Waals surface area (Å²) in [6.45, 7) is 0.643. The van der Waals surface area contributed by atoms with Crippen molar-refractivity contribution in [1.29, 1.82) is 0 Å². The fourth-order valence-electron chi connectivity index (χ4n) is 2.17. The number of anilines is 1. The normalized spacial score (nSPS) is 10.3. The van der Waals surface area contributed by atoms with E-state index in [0.29, 0.717) is 12.3 Å². The van der Waals surface area contributed by atoms with Gasteiger partial charge in [0.1, 0.15) is 0 Å². The summed E-state index contributed by atoms with van der Waals surface area (Å²) >= 11 is 1.35. The number of hydrogen-bond donors (Lipinski definition) is 1. The quantitative estimate of drug-likeness (QED) is 0.745. The number of benzene rings is 2. The monoisotopic (exact) mass is 327 g/mol. The summed E-state index contributed by atoms with van der Waals surface area (Å²) in [5, 5.41) is 4.08. The number of nitrogens with one attached hydrogen (secondary N) is 1. The number of nitrogens with zero attached hydrogens (tertiary/aromatic N) is 2. The van der Waals surface area contributed by atoms with E-state index < -0.39 is 0 Å². The van der Waals surface area contributed by atoms with Crippen LogP contribution in [0.5, 0.6) is 11.5 Å². The number of aromatic nitrogens is 2. The van der Waals surface area contributed by atoms with Crippen molar-refractivity contribution in [3.63, 3.8) is 0 Å². The lowest BCUT2D eigenvalue weighted by molar-refractivity contribution is 0.354. The van der Waals surface area contributed by atoms with Crippen molar-refractivity contribution in [3.05, 3.63) is 54.1 Å². The van der Waals surface area contributed by atoms with Crippen molar-refractivity contribution in [2.24, 2.45) is 0 Å². The zero-order chi connectivity index (χ0) is 16.1. The molecule has 1 N–H and O–H groups in total. The highest BCUT2D eigenvalue weighted by Crippen LogP contribution is 2.28. The van der Waals surface area contributed by atoms with E-state index in [0.717, 1.165) is 27.8 Å². The SMILES string of the molecule is COc1ccc(CNc2nc(-c3ccccc3)ns2)cc1OC. The molecule has 0 aliphatic rings. The van der Waals surface area contributed by atoms with E-state index >= 15 is 0 Å². The minimum Gasteiger partial charge on any atom is -0.493 e. The van der Waals surface area contributed by atoms with Gasteiger partial charge in [-0.3, -0.25) is 0 Å². The molecular formula is C17H17N3O2S. The van der Waals surface area contributed by atoms with Crippen LogP contribution in [-0.2, 0) is 6.54 Å². The largest absolute Gasteiger partial charge is 0.493 e. The molecule has 2 aromatic carbocycles. The second kappa shape index (κ2) is 7.11. The van der Waals surface area contributed by atoms with Gasteiger partial charge in [-0.2, -0.15) is 9.36 Å². The molecule has 118 valence electrons. The zero-order valence-corrected chi connectivity index (χ0v) is 13.8. The Labute approximate surface area is 139 Å². The van der Waals surface area contributed by atoms with Gasteiger partial charge in [0.25, 0.3) is 0 Å². The Morgan fingerprint density at radius 3 is 2.52 bits per heavy atom. The highest BCUT2D eigenvalue weighted by molar-refractivity contribution is 7.09. The fraction of sp³-hybridized carbons (Fsp3) is 0.176. The molecule has 0 fully saturated rings. The molecule has 0 aliphatic carbocycles. The van der Waals surface area contributed by atoms with Crippen molar-refractivity contribution in [3.8, 4) is 22.9 Å². The first-order chi connectivity index (χ1) is 11.3. The van der Waals surface area contributed by atoms with Gasteiger partial charge in [0.15, 0.2) is 17.3 Å². The predicted octanol–water partition coefficient (Wildman–Crippen LogP) is 3.83. The van der Waals surface area contributed by atoms with E-state index in [1.54, 1.807) is 14.2 Å². The van der Waals surface area contributed by atoms with Crippen LogP contribution in [0, 0.1) is 0 Å². The third-order valence-electron chi connectivity index (χ3n) is 3.35. The van der Waals surface area contributed by atoms with Crippen LogP contribution in [0.1, 0.15) is 5.56 Å². The van der Waals surface area contributed by atoms with Gasteiger partial charge in [-0.15, -0.1) is 0 Å². The molecule has 0 amide bonds. The molecule has 1 heterocycles. The molecule has 3 rings (SSSR count). The Balaban J connectivity index is 1.68. The molecule has 0 radical (unpaired) electrons. The molecule has 0 saturated carbocycles. The summed E-state index contributed by atoms with van der Waals surface area (Å²) in [6.07, 6.45) is 0. The molecule has 23 heavy (non-hydrogen) atoms. The Kier molecular flexibility index (Phi) is 4.73. The van der Waals surface area contributed by atoms with E-state index in [1.165, 1.54) is 11.5 Å². The lowest BCUT2D eigenvalue weighted by Crippen LogP contribution is -2.00. The first kappa shape index (κ1) is 15.3. The third kappa shape index (κ3) is 3.60. The Morgan fingerprint density at radius 1 is 1.00 bits per heavy atom. The smallest absolute Gasteiger partial charge is 0.203 e. The van der Waals surface area contributed by atoms with Crippen LogP contribution >= 0.6 is 11.5 Å². The molecule has 0 spiro atoms. The molecular weight excluding hydrogens is 310 g/mol. The second-order valence-corrected chi connectivity index (χ2v) is 5.58. The summed E-state index contributed by atoms with van der Waals surface area (Å²) in [7, 11) is 3.26. The number of ether oxygens (including phenoxy) is 2. The topological polar surface area (TPSA) is 56.3 Å². The summed E-state index contributed by atoms with van der Waals surface area (Å²) in [5.74, 6) is 2.18. The maximum atomic E-state index is 5.31. The maximum absolute atomic E-state index is 5.31. The van der Waals surface area contributed by atoms with Gasteiger partial charge >= 0.3 is 0 Å². The molecule has 0 bridgehead atoms. The van der Waals surface area contributed by atoms with Crippen molar-refractivity contribution >= 4 is 16.7 Å². The molecule has 5 nitrogen and oxygen atoms in total. The van der Waals surface area contributed by atoms with E-state index in [-0.39, 0.29) is 0 Å². The van der Waals surface area contributed by atoms with Crippen LogP contribution in [-0.4, -0.2) is 23.6 Å². The minimum absolute atomic E-state index is 0.643. The predicted molar refractivity (Wildman–Crippen MR) is 92.2 cm³/mol. The van der Waals surface area contributed by atoms with Gasteiger partial charge in [0.05, 0.1) is 14.2 Å². The molecule has 0 unspecified atom stereocenters. The van der Waals surface area contributed by atoms with Crippen molar-refractivity contribution in [2.45, 2.75) is 6.54 Å². The van der Waals surface area contributed by atoms with Crippen molar-refractivity contribution < 1.29 is 9.47 Å². The van der Waals surface area contributed by atoms with Crippen LogP contribution < -0.4 is 14.8 Å². The van der Waals surface area contributed by atoms with E-state index in [2.05, 4.69) is 14.7 Å². The fourth-order valence-corrected chi connectivity index (χ4v) is 2.75. The van der Waals surface area contributed by atoms with Crippen molar-refractivity contribution in [1.82, 2.24) is 9.36 Å². The van der Waals surface area contributed by atoms with Crippen molar-refractivity contribution in [2.75, 3.05) is 19.5 Å². The lowest BCUT2D eigenvalue weighted by Gasteiger charge is -2.09. The second-order valence-electron chi connectivity index (χ2n) is 4.83. The molecule has 0 aliphatic heterocycles. The summed E-state index contributed by atoms with van der Waals surface area (Å²) in [4.78, 5) is 4.51. The molecule has 6 heteroatoms. The van der Waals surface area contributed by atoms with Crippen LogP contribution in [0.4, 0.5) is 5.13 Å². The van der Waals surface area contributed by atoms with Gasteiger partial charge in [-0.25, -0.2) is 0 Å². The maximum Gasteiger partial charge on any atom is 0.203 e. The summed E-state index contributed by atoms with van der Waals surface area (Å²) in [6, 6.07) is 15.8. The number of methoxy groups -OCH3 is 2. The lowest BCUT2D eigenvalue weighted by atomic mass is 10.2. The zero-order valence-electron chi connectivity index (χ0n) is 12.9. The molecule has 1 aromatic heterocycles. The number of hydrogen-bond acceptors (Lipinski definition) is 6. The van der Waals surface area contributed by atoms with E-state index in [9.17, 15) is 0 Å². The summed E-state index contributed by atoms with van der Waals surface area (Å²) in [5.41, 5.74) is 2.10. The first-order valence-electron chi connectivity index (χ1n) is 7.14. The first-order valence-corrected chi connectivity index (χ1v) is 7.91. The highest BCUT2D eigenvalue weighted by atomic mass is 32.1. The van der Waals surface area contributed by atoms with Gasteiger partial charge < -0.3 is 14.8 Å². The molecule has 0 saturated heterocycles. The third-order valence-corrected chi connectivity index (χ3v) is 4.02. The average molecular weight is 327 g/mol. The highest BCUT2D eigenvalue weighted by Gasteiger charge is 2.07. The Bertz CT molecular complexity index is 775. The standard InChI is InChI=1S/C17H17N3O2S/c1-21-14-9-8-12(10-15(14)22-2)11-18-17-19-16(20-23-17)13-6-4-3-5-7-13/h3-10H,11H2,1-2H3,(H,18,19,20). The van der Waals surface area contributed by atoms with Crippen LogP contribution in [0.2, 0.25) is 0 Å². The Morgan fingerprint density at radius 2 is 1.78 bits per heavy atom. The Hall–Kier alpha value is -2.60.